The molecular formula is C16H22N2O2S. The number of fused-ring (bicyclic) bond motifs is 1. The minimum absolute atomic E-state index is 0.0436. The molecule has 0 aliphatic heterocycles. The van der Waals surface area contributed by atoms with Gasteiger partial charge in [0.05, 0.1) is 17.3 Å². The van der Waals surface area contributed by atoms with Crippen molar-refractivity contribution >= 4 is 27.5 Å². The molecule has 0 radical (unpaired) electrons. The molecule has 0 aliphatic carbocycles. The number of aromatic nitrogens is 1. The maximum atomic E-state index is 12.0. The van der Waals surface area contributed by atoms with Gasteiger partial charge >= 0.3 is 5.97 Å². The van der Waals surface area contributed by atoms with Gasteiger partial charge in [-0.3, -0.25) is 15.1 Å². The maximum Gasteiger partial charge on any atom is 0.323 e. The number of nitrogens with one attached hydrogen (secondary N) is 1. The highest BCUT2D eigenvalue weighted by Crippen LogP contribution is 2.23. The Morgan fingerprint density at radius 3 is 2.90 bits per heavy atom. The molecule has 0 spiro atoms. The van der Waals surface area contributed by atoms with E-state index in [0.29, 0.717) is 0 Å². The molecule has 2 rings (SSSR count). The molecule has 2 aromatic heterocycles. The molecule has 0 bridgehead atoms. The number of ether oxygens (including phenoxy) is 1. The van der Waals surface area contributed by atoms with Gasteiger partial charge in [-0.15, -0.1) is 11.3 Å². The van der Waals surface area contributed by atoms with Gasteiger partial charge in [-0.1, -0.05) is 20.3 Å². The van der Waals surface area contributed by atoms with Crippen LogP contribution in [0.1, 0.15) is 38.8 Å². The van der Waals surface area contributed by atoms with Crippen LogP contribution in [0.25, 0.3) is 10.2 Å². The third-order valence-corrected chi connectivity index (χ3v) is 4.77. The molecule has 0 aliphatic rings. The van der Waals surface area contributed by atoms with E-state index in [9.17, 15) is 4.79 Å². The first-order valence-electron chi connectivity index (χ1n) is 7.23. The summed E-state index contributed by atoms with van der Waals surface area (Å²) < 4.78 is 6.08. The third kappa shape index (κ3) is 3.60. The van der Waals surface area contributed by atoms with E-state index in [-0.39, 0.29) is 24.0 Å². The summed E-state index contributed by atoms with van der Waals surface area (Å²) in [6.45, 7) is 6.18. The van der Waals surface area contributed by atoms with Crippen molar-refractivity contribution in [3.8, 4) is 0 Å². The van der Waals surface area contributed by atoms with Crippen LogP contribution in [0, 0.1) is 5.92 Å². The van der Waals surface area contributed by atoms with E-state index in [4.69, 9.17) is 4.74 Å². The van der Waals surface area contributed by atoms with Gasteiger partial charge in [-0.2, -0.15) is 0 Å². The molecule has 0 fully saturated rings. The quantitative estimate of drug-likeness (QED) is 0.829. The highest BCUT2D eigenvalue weighted by molar-refractivity contribution is 7.17. The standard InChI is InChI=1S/C16H22N2O2S/c1-5-10(2)15(16(19)20-4)18-11(3)12-8-14-13(17-9-12)6-7-21-14/h6-11,15,18H,5H2,1-4H3. The zero-order valence-corrected chi connectivity index (χ0v) is 13.7. The second kappa shape index (κ2) is 7.00. The van der Waals surface area contributed by atoms with Crippen molar-refractivity contribution in [1.82, 2.24) is 10.3 Å². The van der Waals surface area contributed by atoms with Gasteiger partial charge in [0, 0.05) is 12.2 Å². The monoisotopic (exact) mass is 306 g/mol. The largest absolute Gasteiger partial charge is 0.468 e. The molecule has 0 saturated carbocycles. The highest BCUT2D eigenvalue weighted by atomic mass is 32.1. The first-order chi connectivity index (χ1) is 10.1. The smallest absolute Gasteiger partial charge is 0.323 e. The van der Waals surface area contributed by atoms with Gasteiger partial charge in [0.15, 0.2) is 0 Å². The topological polar surface area (TPSA) is 51.2 Å². The predicted octanol–water partition coefficient (Wildman–Crippen LogP) is 3.53. The summed E-state index contributed by atoms with van der Waals surface area (Å²) in [5, 5.41) is 5.42. The fourth-order valence-corrected chi connectivity index (χ4v) is 3.08. The minimum Gasteiger partial charge on any atom is -0.468 e. The Hall–Kier alpha value is -1.46. The van der Waals surface area contributed by atoms with Crippen molar-refractivity contribution in [2.75, 3.05) is 7.11 Å². The second-order valence-corrected chi connectivity index (χ2v) is 6.30. The average Bonchev–Trinajstić information content (AvgIpc) is 2.98. The van der Waals surface area contributed by atoms with Crippen molar-refractivity contribution in [3.05, 3.63) is 29.3 Å². The number of carbonyl (C=O) groups is 1. The molecule has 2 aromatic rings. The molecule has 0 amide bonds. The summed E-state index contributed by atoms with van der Waals surface area (Å²) in [7, 11) is 1.43. The molecule has 21 heavy (non-hydrogen) atoms. The van der Waals surface area contributed by atoms with E-state index in [0.717, 1.165) is 17.5 Å². The Morgan fingerprint density at radius 1 is 1.48 bits per heavy atom. The van der Waals surface area contributed by atoms with E-state index in [2.05, 4.69) is 37.1 Å². The van der Waals surface area contributed by atoms with E-state index >= 15 is 0 Å². The van der Waals surface area contributed by atoms with E-state index in [1.165, 1.54) is 11.8 Å². The number of rotatable bonds is 6. The van der Waals surface area contributed by atoms with Gasteiger partial charge in [-0.25, -0.2) is 0 Å². The van der Waals surface area contributed by atoms with Gasteiger partial charge in [0.25, 0.3) is 0 Å². The van der Waals surface area contributed by atoms with Crippen molar-refractivity contribution in [2.45, 2.75) is 39.3 Å². The zero-order valence-electron chi connectivity index (χ0n) is 12.9. The lowest BCUT2D eigenvalue weighted by atomic mass is 9.97. The van der Waals surface area contributed by atoms with E-state index in [1.807, 2.05) is 17.6 Å². The Kier molecular flexibility index (Phi) is 5.31. The summed E-state index contributed by atoms with van der Waals surface area (Å²) in [5.74, 6) is 0.0136. The number of esters is 1. The number of thiophene rings is 1. The molecule has 5 heteroatoms. The predicted molar refractivity (Wildman–Crippen MR) is 86.4 cm³/mol. The zero-order chi connectivity index (χ0) is 15.4. The summed E-state index contributed by atoms with van der Waals surface area (Å²) >= 11 is 1.68. The number of methoxy groups -OCH3 is 1. The average molecular weight is 306 g/mol. The highest BCUT2D eigenvalue weighted by Gasteiger charge is 2.26. The van der Waals surface area contributed by atoms with Crippen LogP contribution in [0.3, 0.4) is 0 Å². The number of hydrogen-bond acceptors (Lipinski definition) is 5. The molecular weight excluding hydrogens is 284 g/mol. The van der Waals surface area contributed by atoms with Crippen molar-refractivity contribution in [1.29, 1.82) is 0 Å². The second-order valence-electron chi connectivity index (χ2n) is 5.35. The summed E-state index contributed by atoms with van der Waals surface area (Å²) in [5.41, 5.74) is 2.10. The maximum absolute atomic E-state index is 12.0. The number of nitrogens with zero attached hydrogens (tertiary/aromatic N) is 1. The molecule has 0 aromatic carbocycles. The van der Waals surface area contributed by atoms with Crippen LogP contribution < -0.4 is 5.32 Å². The lowest BCUT2D eigenvalue weighted by Gasteiger charge is -2.25. The summed E-state index contributed by atoms with van der Waals surface area (Å²) in [6, 6.07) is 3.89. The van der Waals surface area contributed by atoms with Gasteiger partial charge < -0.3 is 4.74 Å². The first-order valence-corrected chi connectivity index (χ1v) is 8.11. The van der Waals surface area contributed by atoms with Gasteiger partial charge in [-0.05, 0) is 35.9 Å². The number of carbonyl (C=O) groups excluding carboxylic acids is 1. The fourth-order valence-electron chi connectivity index (χ4n) is 2.29. The van der Waals surface area contributed by atoms with E-state index < -0.39 is 0 Å². The van der Waals surface area contributed by atoms with Gasteiger partial charge in [0.2, 0.25) is 0 Å². The van der Waals surface area contributed by atoms with Crippen LogP contribution >= 0.6 is 11.3 Å². The summed E-state index contributed by atoms with van der Waals surface area (Å²) in [4.78, 5) is 16.4. The molecule has 2 heterocycles. The van der Waals surface area contributed by atoms with Crippen molar-refractivity contribution < 1.29 is 9.53 Å². The van der Waals surface area contributed by atoms with Crippen LogP contribution in [-0.2, 0) is 9.53 Å². The minimum atomic E-state index is -0.297. The lowest BCUT2D eigenvalue weighted by molar-refractivity contribution is -0.144. The normalized spacial score (nSPS) is 15.6. The SMILES string of the molecule is CCC(C)C(NC(C)c1cnc2ccsc2c1)C(=O)OC. The van der Waals surface area contributed by atoms with Crippen molar-refractivity contribution in [3.63, 3.8) is 0 Å². The molecule has 114 valence electrons. The van der Waals surface area contributed by atoms with Gasteiger partial charge in [0.1, 0.15) is 6.04 Å². The number of hydrogen-bond donors (Lipinski definition) is 1. The van der Waals surface area contributed by atoms with Crippen LogP contribution in [0.4, 0.5) is 0 Å². The number of pyridine rings is 1. The fraction of sp³-hybridized carbons (Fsp3) is 0.500. The molecule has 3 atom stereocenters. The Labute approximate surface area is 129 Å². The molecule has 4 nitrogen and oxygen atoms in total. The first kappa shape index (κ1) is 15.9. The summed E-state index contributed by atoms with van der Waals surface area (Å²) in [6.07, 6.45) is 2.79. The lowest BCUT2D eigenvalue weighted by Crippen LogP contribution is -2.43. The third-order valence-electron chi connectivity index (χ3n) is 3.92. The Bertz CT molecular complexity index is 611. The van der Waals surface area contributed by atoms with Crippen LogP contribution in [-0.4, -0.2) is 24.1 Å². The van der Waals surface area contributed by atoms with E-state index in [1.54, 1.807) is 11.3 Å². The molecule has 1 N–H and O–H groups in total. The van der Waals surface area contributed by atoms with Crippen LogP contribution in [0.5, 0.6) is 0 Å². The van der Waals surface area contributed by atoms with Crippen LogP contribution in [0.15, 0.2) is 23.7 Å². The van der Waals surface area contributed by atoms with Crippen molar-refractivity contribution in [2.24, 2.45) is 5.92 Å². The molecule has 3 unspecified atom stereocenters. The Morgan fingerprint density at radius 2 is 2.24 bits per heavy atom. The Balaban J connectivity index is 2.17. The van der Waals surface area contributed by atoms with Crippen LogP contribution in [0.2, 0.25) is 0 Å². The molecule has 0 saturated heterocycles.